The van der Waals surface area contributed by atoms with Crippen LogP contribution in [-0.2, 0) is 22.9 Å². The van der Waals surface area contributed by atoms with Crippen molar-refractivity contribution in [2.75, 3.05) is 0 Å². The van der Waals surface area contributed by atoms with Gasteiger partial charge < -0.3 is 78.1 Å². The summed E-state index contributed by atoms with van der Waals surface area (Å²) < 4.78 is 22.6. The van der Waals surface area contributed by atoms with Crippen LogP contribution in [0.1, 0.15) is 1.43 Å². The Morgan fingerprint density at radius 2 is 0.700 bits per heavy atom. The van der Waals surface area contributed by atoms with Gasteiger partial charge in [0.15, 0.2) is 0 Å². The van der Waals surface area contributed by atoms with Gasteiger partial charge in [0, 0.05) is 0 Å². The van der Waals surface area contributed by atoms with Crippen LogP contribution in [0.15, 0.2) is 0 Å². The molecule has 2 bridgehead atoms. The molecule has 15 nitrogen and oxygen atoms in total. The van der Waals surface area contributed by atoms with Crippen molar-refractivity contribution < 1.29 is 108 Å². The normalized spacial score (nSPS) is 13.5. The molecule has 0 aromatic rings. The Morgan fingerprint density at radius 3 is 0.900 bits per heavy atom. The number of rotatable bonds is 0. The van der Waals surface area contributed by atoms with Gasteiger partial charge in [0.2, 0.25) is 0 Å². The van der Waals surface area contributed by atoms with Gasteiger partial charge in [-0.3, -0.25) is 0 Å². The van der Waals surface area contributed by atoms with E-state index in [-0.39, 0.29) is 74.8 Å². The largest absolute Gasteiger partial charge is 1.00 e. The Hall–Kier alpha value is 0.660. The van der Waals surface area contributed by atoms with Crippen molar-refractivity contribution >= 4 is 29.3 Å². The first kappa shape index (κ1) is 49.8. The summed E-state index contributed by atoms with van der Waals surface area (Å²) in [5, 5.41) is 17.5. The monoisotopic (exact) mass is 326 g/mol. The van der Waals surface area contributed by atoms with Gasteiger partial charge in [-0.2, -0.15) is 0 Å². The average Bonchev–Trinajstić information content (AvgIpc) is 1.82. The van der Waals surface area contributed by atoms with Gasteiger partial charge in [0.05, 0.1) is 0 Å². The topological polar surface area (TPSA) is 339 Å². The zero-order chi connectivity index (χ0) is 7.84. The molecule has 20 heavy (non-hydrogen) atoms. The summed E-state index contributed by atoms with van der Waals surface area (Å²) in [4.78, 5) is 0. The van der Waals surface area contributed by atoms with E-state index >= 15 is 0 Å². The molecule has 0 saturated carbocycles. The number of fused-ring (bicyclic) bond motifs is 2. The summed E-state index contributed by atoms with van der Waals surface area (Å²) in [5.74, 6) is 0. The first-order chi connectivity index (χ1) is 5.24. The molecule has 0 amide bonds. The van der Waals surface area contributed by atoms with Crippen molar-refractivity contribution in [3.05, 3.63) is 0 Å². The van der Waals surface area contributed by atoms with E-state index in [4.69, 9.17) is 10.0 Å². The third kappa shape index (κ3) is 13.6. The van der Waals surface area contributed by atoms with Crippen molar-refractivity contribution in [1.29, 1.82) is 0 Å². The van der Waals surface area contributed by atoms with Gasteiger partial charge in [-0.15, -0.1) is 0 Å². The van der Waals surface area contributed by atoms with E-state index in [1.165, 1.54) is 0 Å². The van der Waals surface area contributed by atoms with Gasteiger partial charge >= 0.3 is 58.8 Å². The SMILES string of the molecule is O.O.O.O.O.O.O.O.OB1OB2OB(O)OB(O1)O2.[H-].[Na+]. The van der Waals surface area contributed by atoms with Crippen LogP contribution in [0, 0.1) is 0 Å². The minimum atomic E-state index is -1.45. The molecule has 2 aliphatic rings. The summed E-state index contributed by atoms with van der Waals surface area (Å²) in [7, 11) is -5.20. The molecular weight excluding hydrogens is 306 g/mol. The molecule has 2 saturated heterocycles. The van der Waals surface area contributed by atoms with E-state index in [9.17, 15) is 0 Å². The molecule has 0 unspecified atom stereocenters. The fraction of sp³-hybridized carbons (Fsp3) is 0. The van der Waals surface area contributed by atoms with Gasteiger partial charge in [-0.1, -0.05) is 0 Å². The first-order valence-electron chi connectivity index (χ1n) is 2.87. The van der Waals surface area contributed by atoms with Crippen LogP contribution in [0.5, 0.6) is 0 Å². The maximum atomic E-state index is 8.74. The van der Waals surface area contributed by atoms with Gasteiger partial charge in [-0.05, 0) is 0 Å². The van der Waals surface area contributed by atoms with E-state index in [1.54, 1.807) is 0 Å². The Bertz CT molecular complexity index is 131. The molecule has 0 aromatic heterocycles. The number of hydrogen-bond acceptors (Lipinski definition) is 7. The second-order valence-electron chi connectivity index (χ2n) is 1.87. The van der Waals surface area contributed by atoms with E-state index in [0.29, 0.717) is 0 Å². The van der Waals surface area contributed by atoms with E-state index in [1.807, 2.05) is 0 Å². The van der Waals surface area contributed by atoms with Crippen LogP contribution in [0.4, 0.5) is 0 Å². The van der Waals surface area contributed by atoms with Crippen LogP contribution >= 0.6 is 0 Å². The maximum absolute atomic E-state index is 8.74. The van der Waals surface area contributed by atoms with Crippen molar-refractivity contribution in [2.45, 2.75) is 0 Å². The molecule has 18 N–H and O–H groups in total. The van der Waals surface area contributed by atoms with Crippen LogP contribution in [0.2, 0.25) is 0 Å². The summed E-state index contributed by atoms with van der Waals surface area (Å²) in [6.45, 7) is 0. The van der Waals surface area contributed by atoms with Crippen LogP contribution in [-0.4, -0.2) is 83.1 Å². The molecular formula is H19B4NaO15. The maximum Gasteiger partial charge on any atom is 1.00 e. The zero-order valence-electron chi connectivity index (χ0n) is 11.2. The Balaban J connectivity index is -0.0000000206. The van der Waals surface area contributed by atoms with Crippen LogP contribution in [0.25, 0.3) is 0 Å². The van der Waals surface area contributed by atoms with E-state index < -0.39 is 29.3 Å². The summed E-state index contributed by atoms with van der Waals surface area (Å²) in [6.07, 6.45) is 0. The number of hydrogen-bond donors (Lipinski definition) is 2. The minimum absolute atomic E-state index is 0. The van der Waals surface area contributed by atoms with E-state index in [0.717, 1.165) is 0 Å². The van der Waals surface area contributed by atoms with Gasteiger partial charge in [0.1, 0.15) is 0 Å². The van der Waals surface area contributed by atoms with Crippen molar-refractivity contribution in [1.82, 2.24) is 0 Å². The average molecular weight is 325 g/mol. The fourth-order valence-corrected chi connectivity index (χ4v) is 0.728. The predicted molar refractivity (Wildman–Crippen MR) is 62.9 cm³/mol. The molecule has 0 atom stereocenters. The van der Waals surface area contributed by atoms with Gasteiger partial charge in [0.25, 0.3) is 0 Å². The summed E-state index contributed by atoms with van der Waals surface area (Å²) in [5.41, 5.74) is 0. The predicted octanol–water partition coefficient (Wildman–Crippen LogP) is -12.5. The molecule has 20 heteroatoms. The smallest absolute Gasteiger partial charge is 1.00 e. The van der Waals surface area contributed by atoms with E-state index in [2.05, 4.69) is 22.9 Å². The summed E-state index contributed by atoms with van der Waals surface area (Å²) >= 11 is 0. The third-order valence-electron chi connectivity index (χ3n) is 1.13. The molecule has 2 heterocycles. The van der Waals surface area contributed by atoms with Crippen molar-refractivity contribution in [3.63, 3.8) is 0 Å². The Morgan fingerprint density at radius 1 is 0.500 bits per heavy atom. The molecule has 122 valence electrons. The van der Waals surface area contributed by atoms with Crippen molar-refractivity contribution in [2.24, 2.45) is 0 Å². The molecule has 0 aromatic carbocycles. The Kier molecular flexibility index (Phi) is 54.7. The molecule has 2 fully saturated rings. The molecule has 0 radical (unpaired) electrons. The molecule has 0 spiro atoms. The molecule has 2 aliphatic heterocycles. The standard InChI is InChI=1S/B4H2O7.Na.8H2O.H/c5-1-7-3-9-2(6)10-4(8-1)11-3;;;;;;;;;;/h5-6H;;8*1H2;/q;+1;;;;;;;;;-1. The van der Waals surface area contributed by atoms with Crippen molar-refractivity contribution in [3.8, 4) is 0 Å². The first-order valence-corrected chi connectivity index (χ1v) is 2.87. The second-order valence-corrected chi connectivity index (χ2v) is 1.87. The second kappa shape index (κ2) is 21.9. The Labute approximate surface area is 137 Å². The third-order valence-corrected chi connectivity index (χ3v) is 1.13. The zero-order valence-corrected chi connectivity index (χ0v) is 12.2. The fourth-order valence-electron chi connectivity index (χ4n) is 0.728. The molecule has 0 aliphatic carbocycles. The van der Waals surface area contributed by atoms with Gasteiger partial charge in [-0.25, -0.2) is 0 Å². The van der Waals surface area contributed by atoms with Crippen LogP contribution in [0.3, 0.4) is 0 Å². The minimum Gasteiger partial charge on any atom is -1.00 e. The van der Waals surface area contributed by atoms with Crippen LogP contribution < -0.4 is 29.6 Å². The summed E-state index contributed by atoms with van der Waals surface area (Å²) in [6, 6.07) is 0. The molecule has 2 rings (SSSR count). The quantitative estimate of drug-likeness (QED) is 0.404.